The van der Waals surface area contributed by atoms with Crippen molar-refractivity contribution >= 4 is 25.5 Å². The smallest absolute Gasteiger partial charge is 0.475 e. The highest BCUT2D eigenvalue weighted by molar-refractivity contribution is 7.47. The van der Waals surface area contributed by atoms with Gasteiger partial charge in [-0.2, -0.15) is 4.98 Å². The number of phosphoric ester groups is 1. The Hall–Kier alpha value is -2.55. The van der Waals surface area contributed by atoms with Crippen LogP contribution >= 0.6 is 7.82 Å². The zero-order valence-corrected chi connectivity index (χ0v) is 21.7. The molecular formula is C20H29N4O15P-2. The summed E-state index contributed by atoms with van der Waals surface area (Å²) >= 11 is 0. The number of aliphatic carboxylic acids is 1. The van der Waals surface area contributed by atoms with Crippen LogP contribution in [0.2, 0.25) is 0 Å². The van der Waals surface area contributed by atoms with Crippen LogP contribution in [0, 0.1) is 0 Å². The van der Waals surface area contributed by atoms with Crippen molar-refractivity contribution in [3.63, 3.8) is 0 Å². The van der Waals surface area contributed by atoms with Crippen molar-refractivity contribution in [2.45, 2.75) is 74.4 Å². The lowest BCUT2D eigenvalue weighted by atomic mass is 9.90. The lowest BCUT2D eigenvalue weighted by Crippen LogP contribution is -2.64. The first-order valence-corrected chi connectivity index (χ1v) is 13.2. The standard InChI is InChI=1S/C20H31N4O15P/c1-8(26)22-13-10(28)6-20(18(31)32,38-16(13)9(27)3-5-25)39-40(34,35)36-7-11-14(29)15(30)17(37-11)24-4-2-12(21)23-19(24)33/h2,4,9-11,13-17,25,27-30H,3,5-7H2,1H3,(H,22,26)(H,31,32)(H,34,35)(H2,21,23,33)/p-2/t9-,10+,11-,13-,14-,15-,16+,17-,20-/m1/s1. The molecule has 0 aromatic carbocycles. The molecule has 0 amide bonds. The van der Waals surface area contributed by atoms with Gasteiger partial charge in [-0.25, -0.2) is 13.9 Å². The summed E-state index contributed by atoms with van der Waals surface area (Å²) in [5.41, 5.74) is 4.47. The Labute approximate surface area is 225 Å². The van der Waals surface area contributed by atoms with Gasteiger partial charge < -0.3 is 60.6 Å². The lowest BCUT2D eigenvalue weighted by molar-refractivity contribution is -0.368. The second-order valence-corrected chi connectivity index (χ2v) is 10.4. The number of aliphatic imine (C=N–C) groups is 1. The van der Waals surface area contributed by atoms with Gasteiger partial charge in [0.1, 0.15) is 42.2 Å². The number of nitrogens with two attached hydrogens (primary N) is 1. The molecule has 10 atom stereocenters. The number of anilines is 1. The molecule has 8 N–H and O–H groups in total. The van der Waals surface area contributed by atoms with E-state index in [2.05, 4.69) is 9.98 Å². The molecule has 1 aromatic heterocycles. The first-order chi connectivity index (χ1) is 18.6. The second-order valence-electron chi connectivity index (χ2n) is 9.06. The van der Waals surface area contributed by atoms with E-state index in [-0.39, 0.29) is 5.82 Å². The maximum absolute atomic E-state index is 12.7. The number of aromatic nitrogens is 2. The van der Waals surface area contributed by atoms with Gasteiger partial charge in [-0.15, -0.1) is 0 Å². The highest BCUT2D eigenvalue weighted by Gasteiger charge is 2.54. The predicted octanol–water partition coefficient (Wildman–Crippen LogP) is -5.94. The Morgan fingerprint density at radius 2 is 2.05 bits per heavy atom. The van der Waals surface area contributed by atoms with Crippen molar-refractivity contribution in [1.82, 2.24) is 9.55 Å². The molecule has 2 saturated heterocycles. The number of aliphatic hydroxyl groups is 5. The van der Waals surface area contributed by atoms with E-state index in [1.165, 1.54) is 6.07 Å². The van der Waals surface area contributed by atoms with Crippen LogP contribution < -0.4 is 21.6 Å². The minimum Gasteiger partial charge on any atom is -0.862 e. The van der Waals surface area contributed by atoms with Crippen LogP contribution in [-0.4, -0.2) is 114 Å². The number of nitrogen functional groups attached to an aromatic ring is 1. The molecule has 0 bridgehead atoms. The van der Waals surface area contributed by atoms with Gasteiger partial charge in [0.15, 0.2) is 6.23 Å². The summed E-state index contributed by atoms with van der Waals surface area (Å²) in [4.78, 5) is 41.4. The zero-order valence-electron chi connectivity index (χ0n) is 20.8. The van der Waals surface area contributed by atoms with Crippen LogP contribution in [0.5, 0.6) is 0 Å². The summed E-state index contributed by atoms with van der Waals surface area (Å²) in [6.07, 6.45) is -12.4. The molecule has 2 fully saturated rings. The molecule has 20 heteroatoms. The van der Waals surface area contributed by atoms with Gasteiger partial charge in [0, 0.05) is 19.2 Å². The lowest BCUT2D eigenvalue weighted by Gasteiger charge is -2.47. The third kappa shape index (κ3) is 7.01. The minimum atomic E-state index is -5.49. The maximum atomic E-state index is 12.7. The Morgan fingerprint density at radius 3 is 2.62 bits per heavy atom. The number of carbonyl (C=O) groups is 1. The highest BCUT2D eigenvalue weighted by Crippen LogP contribution is 2.51. The van der Waals surface area contributed by atoms with Crippen molar-refractivity contribution in [1.29, 1.82) is 0 Å². The average Bonchev–Trinajstić information content (AvgIpc) is 3.12. The number of nitrogens with zero attached hydrogens (tertiary/aromatic N) is 3. The Morgan fingerprint density at radius 1 is 1.38 bits per heavy atom. The maximum Gasteiger partial charge on any atom is 0.475 e. The van der Waals surface area contributed by atoms with Gasteiger partial charge in [0.25, 0.3) is 0 Å². The fourth-order valence-electron chi connectivity index (χ4n) is 4.25. The number of hydrogen-bond donors (Lipinski definition) is 7. The van der Waals surface area contributed by atoms with Crippen LogP contribution in [0.4, 0.5) is 5.82 Å². The van der Waals surface area contributed by atoms with E-state index in [0.717, 1.165) is 17.7 Å². The largest absolute Gasteiger partial charge is 0.862 e. The zero-order chi connectivity index (χ0) is 30.0. The highest BCUT2D eigenvalue weighted by atomic mass is 31.2. The van der Waals surface area contributed by atoms with Crippen molar-refractivity contribution in [2.75, 3.05) is 18.9 Å². The van der Waals surface area contributed by atoms with Crippen LogP contribution in [-0.2, 0) is 27.9 Å². The van der Waals surface area contributed by atoms with Gasteiger partial charge in [0.05, 0.1) is 18.8 Å². The van der Waals surface area contributed by atoms with Crippen molar-refractivity contribution in [3.8, 4) is 0 Å². The number of ether oxygens (including phenoxy) is 2. The monoisotopic (exact) mass is 596 g/mol. The Balaban J connectivity index is 1.77. The topological polar surface area (TPSA) is 312 Å². The molecule has 0 spiro atoms. The number of rotatable bonds is 11. The third-order valence-corrected chi connectivity index (χ3v) is 7.11. The summed E-state index contributed by atoms with van der Waals surface area (Å²) < 4.78 is 33.6. The number of hydrogen-bond acceptors (Lipinski definition) is 17. The molecule has 0 aliphatic carbocycles. The van der Waals surface area contributed by atoms with Crippen LogP contribution in [0.3, 0.4) is 0 Å². The SMILES string of the molecule is CC([O-])=N[C@H]1[C@H]([C@H](O)CCO)O[C@](OP(=O)(O)OC[C@H]2O[C@@H](n3ccc(N)nc3=O)[C@H](O)[C@@H]2O)(C(=O)[O-])C[C@@H]1O. The van der Waals surface area contributed by atoms with E-state index >= 15 is 0 Å². The summed E-state index contributed by atoms with van der Waals surface area (Å²) in [5.74, 6) is -6.43. The number of aliphatic hydroxyl groups excluding tert-OH is 5. The summed E-state index contributed by atoms with van der Waals surface area (Å²) in [6.45, 7) is -0.611. The average molecular weight is 596 g/mol. The Bertz CT molecular complexity index is 1190. The molecule has 2 aliphatic heterocycles. The molecule has 226 valence electrons. The van der Waals surface area contributed by atoms with E-state index in [1.807, 2.05) is 0 Å². The molecule has 3 rings (SSSR count). The summed E-state index contributed by atoms with van der Waals surface area (Å²) in [7, 11) is -5.49. The van der Waals surface area contributed by atoms with Crippen molar-refractivity contribution in [3.05, 3.63) is 22.7 Å². The van der Waals surface area contributed by atoms with Crippen LogP contribution in [0.15, 0.2) is 22.1 Å². The van der Waals surface area contributed by atoms with E-state index in [1.54, 1.807) is 0 Å². The van der Waals surface area contributed by atoms with Crippen LogP contribution in [0.25, 0.3) is 0 Å². The summed E-state index contributed by atoms with van der Waals surface area (Å²) in [5, 5.41) is 74.1. The molecule has 40 heavy (non-hydrogen) atoms. The molecule has 0 saturated carbocycles. The number of carboxylic acids is 1. The molecule has 2 aliphatic rings. The van der Waals surface area contributed by atoms with E-state index in [0.29, 0.717) is 0 Å². The molecule has 0 radical (unpaired) electrons. The van der Waals surface area contributed by atoms with Crippen molar-refractivity contribution < 1.29 is 68.5 Å². The summed E-state index contributed by atoms with van der Waals surface area (Å²) in [6, 6.07) is -0.332. The third-order valence-electron chi connectivity index (χ3n) is 6.11. The van der Waals surface area contributed by atoms with E-state index < -0.39 is 106 Å². The molecule has 1 aromatic rings. The Kier molecular flexibility index (Phi) is 10.0. The number of carbonyl (C=O) groups excluding carboxylic acids is 1. The van der Waals surface area contributed by atoms with Gasteiger partial charge in [-0.3, -0.25) is 14.1 Å². The first-order valence-electron chi connectivity index (χ1n) is 11.7. The predicted molar refractivity (Wildman–Crippen MR) is 124 cm³/mol. The number of carboxylic acid groups (broad SMARTS) is 1. The normalized spacial score (nSPS) is 35.3. The van der Waals surface area contributed by atoms with Gasteiger partial charge in [0.2, 0.25) is 5.79 Å². The first kappa shape index (κ1) is 32.0. The van der Waals surface area contributed by atoms with Crippen LogP contribution in [0.1, 0.15) is 26.0 Å². The van der Waals surface area contributed by atoms with Gasteiger partial charge in [-0.1, -0.05) is 0 Å². The minimum absolute atomic E-state index is 0.128. The van der Waals surface area contributed by atoms with Gasteiger partial charge in [-0.05, 0) is 25.3 Å². The van der Waals surface area contributed by atoms with E-state index in [9.17, 15) is 49.7 Å². The van der Waals surface area contributed by atoms with Crippen molar-refractivity contribution in [2.24, 2.45) is 4.99 Å². The van der Waals surface area contributed by atoms with E-state index in [4.69, 9.17) is 29.4 Å². The quantitative estimate of drug-likeness (QED) is 0.0710. The van der Waals surface area contributed by atoms with Gasteiger partial charge >= 0.3 is 13.5 Å². The molecule has 19 nitrogen and oxygen atoms in total. The number of phosphoric acid groups is 1. The molecule has 3 heterocycles. The molecule has 1 unspecified atom stereocenters. The second kappa shape index (κ2) is 12.5. The fourth-order valence-corrected chi connectivity index (χ4v) is 5.20. The molecular weight excluding hydrogens is 567 g/mol. The fraction of sp³-hybridized carbons (Fsp3) is 0.700.